The maximum absolute atomic E-state index is 11.6. The molecule has 1 saturated heterocycles. The Morgan fingerprint density at radius 1 is 0.299 bits per heavy atom. The molecule has 0 saturated carbocycles. The normalized spacial score (nSPS) is 11.4. The van der Waals surface area contributed by atoms with Crippen molar-refractivity contribution in [3.05, 3.63) is 405 Å². The molecule has 1 aliphatic heterocycles. The second-order valence-corrected chi connectivity index (χ2v) is 34.9. The van der Waals surface area contributed by atoms with Gasteiger partial charge in [-0.15, -0.1) is 0 Å². The Morgan fingerprint density at radius 3 is 1.00 bits per heavy atom. The van der Waals surface area contributed by atoms with Gasteiger partial charge < -0.3 is 32.0 Å². The highest BCUT2D eigenvalue weighted by atomic mass is 79.9. The zero-order valence-corrected chi connectivity index (χ0v) is 94.2. The first kappa shape index (κ1) is 118. The van der Waals surface area contributed by atoms with Gasteiger partial charge in [0.1, 0.15) is 44.7 Å². The molecule has 1 aliphatic rings. The number of aromatic amines is 1. The summed E-state index contributed by atoms with van der Waals surface area (Å²) in [5, 5.41) is 46.2. The molecule has 24 rings (SSSR count). The van der Waals surface area contributed by atoms with E-state index >= 15 is 0 Å². The molecule has 0 atom stereocenters. The lowest BCUT2D eigenvalue weighted by atomic mass is 9.75. The number of nitro benzene ring substituents is 2. The number of benzene rings is 18. The Kier molecular flexibility index (Phi) is 49.0. The maximum Gasteiger partial charge on any atom is 0.495 e. The summed E-state index contributed by atoms with van der Waals surface area (Å²) >= 11 is 6.71. The number of H-pyrrole nitrogens is 1. The molecule has 18 aromatic carbocycles. The predicted molar refractivity (Wildman–Crippen MR) is 648 cm³/mol. The van der Waals surface area contributed by atoms with Crippen molar-refractivity contribution in [1.82, 2.24) is 4.98 Å². The van der Waals surface area contributed by atoms with Crippen molar-refractivity contribution >= 4 is 232 Å². The molecule has 0 unspecified atom stereocenters. The predicted octanol–water partition coefficient (Wildman–Crippen LogP) is 40.9. The number of halogens is 3. The van der Waals surface area contributed by atoms with Crippen LogP contribution in [0.25, 0.3) is 164 Å². The Balaban J connectivity index is 0.000000233. The number of rotatable bonds is 7. The number of para-hydroxylation sites is 7. The van der Waals surface area contributed by atoms with E-state index in [4.69, 9.17) is 28.3 Å². The largest absolute Gasteiger partial charge is 0.495 e. The number of hydrogen-bond donors (Lipinski definition) is 1. The van der Waals surface area contributed by atoms with E-state index < -0.39 is 27.1 Å². The number of alkyl halides is 1. The van der Waals surface area contributed by atoms with Gasteiger partial charge in [-0.3, -0.25) is 24.6 Å². The molecular weight excluding hydrogens is 1970 g/mol. The number of hydrogen-bond acceptors (Lipinski definition) is 10. The van der Waals surface area contributed by atoms with Gasteiger partial charge in [-0.25, -0.2) is 0 Å². The molecule has 0 amide bonds. The molecule has 0 aliphatic carbocycles. The highest BCUT2D eigenvalue weighted by Gasteiger charge is 2.52. The Hall–Kier alpha value is -13.9. The molecule has 13 nitrogen and oxygen atoms in total. The first-order valence-corrected chi connectivity index (χ1v) is 54.5. The van der Waals surface area contributed by atoms with Gasteiger partial charge in [-0.05, 0) is 160 Å². The van der Waals surface area contributed by atoms with Crippen LogP contribution in [0.2, 0.25) is 0 Å². The van der Waals surface area contributed by atoms with Crippen molar-refractivity contribution in [3.8, 4) is 11.1 Å². The minimum absolute atomic E-state index is 0.0920. The number of fused-ring (bicyclic) bond motifs is 25. The van der Waals surface area contributed by atoms with Gasteiger partial charge in [0.15, 0.2) is 0 Å². The number of nitro groups is 2. The standard InChI is InChI=1S/C22H21BO3.C22H13NO3.C22H13NO.C18H15P.C16H9BrO.C6H4BrNO2.11C2H6.CH3F/c1-21(2)22(3,4)26-23(25-21)17-13-14-9-5-6-10-15(14)20-19(17)16-11-7-8-12-18(16)24-20;24-23(25)19-11-5-3-9-16(19)18-13-14-7-1-2-8-15(14)22-21(18)17-10-4-6-12-20(17)26-22;1-2-8-14-13(7-1)21-19(15-9-3-5-11-17(15)23-21)20-16-10-4-6-12-18(16)24-22(14)20;1-4-10-16(11-5-1)19(17-12-6-2-7-13-17)18-14-8-3-9-15-18;17-13-9-10-5-1-2-6-11(10)16-15(13)12-7-3-4-8-14(12)18-16;7-5-3-1-2-4-6(5)8(9)10;12*1-2/h5-13H,1-4H3;1-13H;1-12,23H;1-15H;1-9H;1-4H;11*1-2H3;1H3/i;;;;;;;;;;;;;;;;;1D. The van der Waals surface area contributed by atoms with Crippen LogP contribution in [0.3, 0.4) is 0 Å². The second-order valence-electron chi connectivity index (χ2n) is 31.0. The van der Waals surface area contributed by atoms with Gasteiger partial charge in [0.25, 0.3) is 11.4 Å². The summed E-state index contributed by atoms with van der Waals surface area (Å²) in [6, 6.07) is 126. The highest BCUT2D eigenvalue weighted by molar-refractivity contribution is 9.11. The first-order valence-electron chi connectivity index (χ1n) is 52.3. The van der Waals surface area contributed by atoms with Crippen LogP contribution in [0.1, 0.15) is 181 Å². The molecule has 0 radical (unpaired) electrons. The van der Waals surface area contributed by atoms with E-state index in [1.165, 1.54) is 59.8 Å². The Labute approximate surface area is 888 Å². The molecule has 147 heavy (non-hydrogen) atoms. The lowest BCUT2D eigenvalue weighted by molar-refractivity contribution is -0.385. The summed E-state index contributed by atoms with van der Waals surface area (Å²) in [4.78, 5) is 24.6. The number of nitrogens with one attached hydrogen (secondary N) is 1. The quantitative estimate of drug-likeness (QED) is 0.0700. The smallest absolute Gasteiger partial charge is 0.455 e. The highest BCUT2D eigenvalue weighted by Crippen LogP contribution is 2.48. The van der Waals surface area contributed by atoms with Crippen molar-refractivity contribution in [2.75, 3.05) is 7.15 Å². The van der Waals surface area contributed by atoms with Gasteiger partial charge in [-0.2, -0.15) is 0 Å². The molecule has 1 N–H and O–H groups in total. The van der Waals surface area contributed by atoms with E-state index in [1.54, 1.807) is 36.4 Å². The lowest BCUT2D eigenvalue weighted by Gasteiger charge is -2.32. The van der Waals surface area contributed by atoms with E-state index in [2.05, 4.69) is 265 Å². The van der Waals surface area contributed by atoms with Crippen molar-refractivity contribution in [1.29, 1.82) is 0 Å². The zero-order chi connectivity index (χ0) is 109. The summed E-state index contributed by atoms with van der Waals surface area (Å²) in [6.45, 7) is 52.3. The number of aromatic nitrogens is 1. The third-order valence-corrected chi connectivity index (χ3v) is 26.8. The van der Waals surface area contributed by atoms with E-state index in [9.17, 15) is 24.6 Å². The summed E-state index contributed by atoms with van der Waals surface area (Å²) in [5.41, 5.74) is 11.4. The average Bonchev–Trinajstić information content (AvgIpc) is 1.55. The summed E-state index contributed by atoms with van der Waals surface area (Å²) in [6.07, 6.45) is 0. The average molecular weight is 2120 g/mol. The van der Waals surface area contributed by atoms with E-state index in [0.29, 0.717) is 10.0 Å². The van der Waals surface area contributed by atoms with Gasteiger partial charge in [0.05, 0.1) is 45.1 Å². The van der Waals surface area contributed by atoms with Gasteiger partial charge >= 0.3 is 7.12 Å². The minimum Gasteiger partial charge on any atom is -0.455 e. The van der Waals surface area contributed by atoms with Gasteiger partial charge in [0, 0.05) is 108 Å². The molecular formula is C129H144BBr2FN3O10P. The van der Waals surface area contributed by atoms with Crippen LogP contribution < -0.4 is 21.4 Å². The van der Waals surface area contributed by atoms with Gasteiger partial charge in [0.2, 0.25) is 0 Å². The zero-order valence-electron chi connectivity index (χ0n) is 91.1. The van der Waals surface area contributed by atoms with E-state index in [1.807, 2.05) is 286 Å². The van der Waals surface area contributed by atoms with Crippen molar-refractivity contribution < 1.29 is 42.6 Å². The molecule has 5 aromatic heterocycles. The number of furan rings is 4. The fourth-order valence-electron chi connectivity index (χ4n) is 16.7. The summed E-state index contributed by atoms with van der Waals surface area (Å²) < 4.78 is 54.5. The monoisotopic (exact) mass is 2110 g/mol. The molecule has 0 bridgehead atoms. The maximum atomic E-state index is 11.6. The fourth-order valence-corrected chi connectivity index (χ4v) is 20.0. The molecule has 18 heteroatoms. The van der Waals surface area contributed by atoms with Crippen molar-refractivity contribution in [2.24, 2.45) is 0 Å². The van der Waals surface area contributed by atoms with Crippen LogP contribution in [0.15, 0.2) is 403 Å². The fraction of sp³-hybridized carbons (Fsp3) is 0.225. The SMILES string of the molecule is Brc1cc2ccccc2c2oc3ccccc3c12.CC.CC.CC.CC.CC.CC.CC.CC.CC.CC.CC.CC1(C)OB(c2cc3ccccc3c3oc4ccccc4c23)OC1(C)C.O=[N+]([O-])c1ccccc1-c1cc2ccccc2c2oc3ccccc3c12.O=[N+]([O-])c1ccccc1Br.[2H]CF.c1ccc(P(c2ccccc2)c2ccccc2)cc1.c1ccc2c(c1)[nH]c1c3ccccc3c3oc4ccccc4c3c21. The topological polar surface area (TPSA) is 173 Å². The van der Waals surface area contributed by atoms with Crippen LogP contribution in [-0.4, -0.2) is 40.3 Å². The summed E-state index contributed by atoms with van der Waals surface area (Å²) in [5.74, 6) is 0. The minimum atomic E-state index is -1.00. The third-order valence-electron chi connectivity index (χ3n) is 23.1. The Bertz CT molecular complexity index is 7810. The van der Waals surface area contributed by atoms with Crippen LogP contribution in [-0.2, 0) is 9.31 Å². The van der Waals surface area contributed by atoms with Crippen LogP contribution in [0.5, 0.6) is 0 Å². The van der Waals surface area contributed by atoms with Gasteiger partial charge in [-0.1, -0.05) is 462 Å². The van der Waals surface area contributed by atoms with Crippen LogP contribution in [0, 0.1) is 20.2 Å². The van der Waals surface area contributed by atoms with E-state index in [0.717, 1.165) is 130 Å². The molecule has 764 valence electrons. The molecule has 1 fully saturated rings. The third kappa shape index (κ3) is 27.3. The van der Waals surface area contributed by atoms with Crippen LogP contribution >= 0.6 is 39.8 Å². The first-order chi connectivity index (χ1) is 72.4. The summed E-state index contributed by atoms with van der Waals surface area (Å²) in [7, 11) is -1.87. The molecule has 6 heterocycles. The molecule has 0 spiro atoms. The second kappa shape index (κ2) is 60.9. The van der Waals surface area contributed by atoms with Crippen LogP contribution in [0.4, 0.5) is 15.8 Å². The Morgan fingerprint density at radius 2 is 0.592 bits per heavy atom. The lowest BCUT2D eigenvalue weighted by Crippen LogP contribution is -2.41. The van der Waals surface area contributed by atoms with E-state index in [-0.39, 0.29) is 27.5 Å². The number of nitrogens with zero attached hydrogens (tertiary/aromatic N) is 2. The molecule has 23 aromatic rings. The van der Waals surface area contributed by atoms with Crippen molar-refractivity contribution in [2.45, 2.75) is 191 Å². The van der Waals surface area contributed by atoms with Crippen molar-refractivity contribution in [3.63, 3.8) is 0 Å².